The monoisotopic (exact) mass is 505 g/mol. The van der Waals surface area contributed by atoms with E-state index in [4.69, 9.17) is 35.8 Å². The average molecular weight is 506 g/mol. The zero-order chi connectivity index (χ0) is 23.1. The van der Waals surface area contributed by atoms with E-state index < -0.39 is 0 Å². The maximum atomic E-state index is 12.3. The SMILES string of the molecule is O=C1CCC(N2Cc3cc(CN4CCN(c5cc(Cl)c(Cl)cn5)CC4)ccc3C2S)C(=O)N1. The summed E-state index contributed by atoms with van der Waals surface area (Å²) >= 11 is 16.9. The van der Waals surface area contributed by atoms with Gasteiger partial charge in [0.1, 0.15) is 5.82 Å². The minimum absolute atomic E-state index is 0.139. The van der Waals surface area contributed by atoms with E-state index >= 15 is 0 Å². The number of hydrogen-bond acceptors (Lipinski definition) is 7. The van der Waals surface area contributed by atoms with E-state index in [9.17, 15) is 9.59 Å². The molecule has 174 valence electrons. The van der Waals surface area contributed by atoms with Crippen LogP contribution in [-0.2, 0) is 22.7 Å². The van der Waals surface area contributed by atoms with Gasteiger partial charge in [0, 0.05) is 58.0 Å². The van der Waals surface area contributed by atoms with Crippen molar-refractivity contribution in [3.05, 3.63) is 57.2 Å². The molecule has 0 aliphatic carbocycles. The molecular weight excluding hydrogens is 481 g/mol. The molecule has 0 radical (unpaired) electrons. The van der Waals surface area contributed by atoms with Crippen molar-refractivity contribution in [2.24, 2.45) is 0 Å². The van der Waals surface area contributed by atoms with Crippen molar-refractivity contribution in [2.45, 2.75) is 37.3 Å². The minimum atomic E-state index is -0.316. The van der Waals surface area contributed by atoms with Gasteiger partial charge in [-0.25, -0.2) is 4.98 Å². The number of fused-ring (bicyclic) bond motifs is 1. The number of benzene rings is 1. The molecule has 0 bridgehead atoms. The molecule has 2 aromatic rings. The van der Waals surface area contributed by atoms with Crippen molar-refractivity contribution in [3.63, 3.8) is 0 Å². The first-order valence-corrected chi connectivity index (χ1v) is 12.3. The summed E-state index contributed by atoms with van der Waals surface area (Å²) in [6, 6.07) is 8.02. The van der Waals surface area contributed by atoms with Crippen LogP contribution in [0.2, 0.25) is 10.0 Å². The lowest BCUT2D eigenvalue weighted by atomic mass is 10.0. The number of carbonyl (C=O) groups is 2. The van der Waals surface area contributed by atoms with Crippen molar-refractivity contribution in [1.82, 2.24) is 20.1 Å². The number of nitrogens with one attached hydrogen (secondary N) is 1. The van der Waals surface area contributed by atoms with Gasteiger partial charge in [0.15, 0.2) is 0 Å². The third kappa shape index (κ3) is 4.72. The van der Waals surface area contributed by atoms with E-state index in [-0.39, 0.29) is 23.2 Å². The topological polar surface area (TPSA) is 68.8 Å². The minimum Gasteiger partial charge on any atom is -0.354 e. The Morgan fingerprint density at radius 2 is 1.88 bits per heavy atom. The number of halogens is 2. The van der Waals surface area contributed by atoms with Crippen LogP contribution in [0.4, 0.5) is 5.82 Å². The fraction of sp³-hybridized carbons (Fsp3) is 0.435. The van der Waals surface area contributed by atoms with Gasteiger partial charge in [-0.05, 0) is 23.1 Å². The number of piperazine rings is 1. The second-order valence-corrected chi connectivity index (χ2v) is 10.1. The maximum Gasteiger partial charge on any atom is 0.243 e. The third-order valence-electron chi connectivity index (χ3n) is 6.66. The van der Waals surface area contributed by atoms with Crippen molar-refractivity contribution in [3.8, 4) is 0 Å². The molecule has 1 N–H and O–H groups in total. The number of imide groups is 1. The number of thiol groups is 1. The van der Waals surface area contributed by atoms with Crippen LogP contribution in [0, 0.1) is 0 Å². The summed E-state index contributed by atoms with van der Waals surface area (Å²) in [5.41, 5.74) is 3.60. The van der Waals surface area contributed by atoms with Crippen LogP contribution in [0.1, 0.15) is 34.9 Å². The highest BCUT2D eigenvalue weighted by atomic mass is 35.5. The molecule has 33 heavy (non-hydrogen) atoms. The molecule has 4 heterocycles. The van der Waals surface area contributed by atoms with Crippen LogP contribution in [-0.4, -0.2) is 58.8 Å². The normalized spacial score (nSPS) is 24.2. The largest absolute Gasteiger partial charge is 0.354 e. The van der Waals surface area contributed by atoms with E-state index in [0.717, 1.165) is 44.1 Å². The first kappa shape index (κ1) is 22.9. The van der Waals surface area contributed by atoms with Gasteiger partial charge in [0.25, 0.3) is 0 Å². The first-order chi connectivity index (χ1) is 15.9. The Labute approximate surface area is 208 Å². The molecular formula is C23H25Cl2N5O2S. The van der Waals surface area contributed by atoms with Gasteiger partial charge in [-0.1, -0.05) is 41.4 Å². The summed E-state index contributed by atoms with van der Waals surface area (Å²) in [7, 11) is 0. The number of carbonyl (C=O) groups excluding carboxylic acids is 2. The van der Waals surface area contributed by atoms with Crippen LogP contribution in [0.25, 0.3) is 0 Å². The fourth-order valence-corrected chi connectivity index (χ4v) is 5.60. The molecule has 0 spiro atoms. The van der Waals surface area contributed by atoms with Crippen molar-refractivity contribution in [2.75, 3.05) is 31.1 Å². The van der Waals surface area contributed by atoms with Gasteiger partial charge < -0.3 is 4.90 Å². The Morgan fingerprint density at radius 3 is 2.61 bits per heavy atom. The fourth-order valence-electron chi connectivity index (χ4n) is 4.86. The molecule has 2 atom stereocenters. The number of pyridine rings is 1. The second kappa shape index (κ2) is 9.43. The predicted octanol–water partition coefficient (Wildman–Crippen LogP) is 3.26. The van der Waals surface area contributed by atoms with E-state index in [1.54, 1.807) is 6.20 Å². The van der Waals surface area contributed by atoms with E-state index in [0.29, 0.717) is 29.4 Å². The van der Waals surface area contributed by atoms with Crippen LogP contribution in [0.3, 0.4) is 0 Å². The molecule has 3 aliphatic heterocycles. The van der Waals surface area contributed by atoms with Crippen LogP contribution < -0.4 is 10.2 Å². The summed E-state index contributed by atoms with van der Waals surface area (Å²) in [4.78, 5) is 35.0. The molecule has 3 aliphatic rings. The number of nitrogens with zero attached hydrogens (tertiary/aromatic N) is 4. The lowest BCUT2D eigenvalue weighted by Crippen LogP contribution is -2.51. The standard InChI is InChI=1S/C23H25Cl2N5O2S/c24-17-10-20(26-11-18(17)25)29-7-5-28(6-8-29)12-14-1-2-16-15(9-14)13-30(23(16)33)19-3-4-21(31)27-22(19)32/h1-2,9-11,19,23,33H,3-8,12-13H2,(H,27,31,32). The molecule has 5 rings (SSSR count). The Morgan fingerprint density at radius 1 is 1.09 bits per heavy atom. The highest BCUT2D eigenvalue weighted by Crippen LogP contribution is 2.39. The highest BCUT2D eigenvalue weighted by molar-refractivity contribution is 7.80. The second-order valence-electron chi connectivity index (χ2n) is 8.77. The van der Waals surface area contributed by atoms with Crippen LogP contribution in [0.15, 0.2) is 30.5 Å². The van der Waals surface area contributed by atoms with Gasteiger partial charge in [-0.2, -0.15) is 12.6 Å². The summed E-state index contributed by atoms with van der Waals surface area (Å²) < 4.78 is 0. The number of hydrogen-bond donors (Lipinski definition) is 2. The quantitative estimate of drug-likeness (QED) is 0.490. The molecule has 2 saturated heterocycles. The van der Waals surface area contributed by atoms with Gasteiger partial charge >= 0.3 is 0 Å². The lowest BCUT2D eigenvalue weighted by Gasteiger charge is -2.35. The highest BCUT2D eigenvalue weighted by Gasteiger charge is 2.39. The molecule has 2 unspecified atom stereocenters. The van der Waals surface area contributed by atoms with Crippen LogP contribution in [0.5, 0.6) is 0 Å². The maximum absolute atomic E-state index is 12.3. The Balaban J connectivity index is 1.20. The van der Waals surface area contributed by atoms with Crippen LogP contribution >= 0.6 is 35.8 Å². The number of rotatable bonds is 4. The number of aromatic nitrogens is 1. The summed E-state index contributed by atoms with van der Waals surface area (Å²) in [6.07, 6.45) is 2.52. The summed E-state index contributed by atoms with van der Waals surface area (Å²) in [6.45, 7) is 5.13. The van der Waals surface area contributed by atoms with Gasteiger partial charge in [-0.3, -0.25) is 24.7 Å². The first-order valence-electron chi connectivity index (χ1n) is 11.1. The molecule has 1 aromatic heterocycles. The predicted molar refractivity (Wildman–Crippen MR) is 132 cm³/mol. The van der Waals surface area contributed by atoms with E-state index in [1.165, 1.54) is 11.1 Å². The summed E-state index contributed by atoms with van der Waals surface area (Å²) in [5.74, 6) is 0.448. The van der Waals surface area contributed by atoms with Gasteiger partial charge in [0.05, 0.1) is 21.5 Å². The Bertz CT molecular complexity index is 1090. The zero-order valence-corrected chi connectivity index (χ0v) is 20.4. The van der Waals surface area contributed by atoms with Gasteiger partial charge in [-0.15, -0.1) is 0 Å². The Kier molecular flexibility index (Phi) is 6.55. The average Bonchev–Trinajstić information content (AvgIpc) is 3.12. The molecule has 7 nitrogen and oxygen atoms in total. The summed E-state index contributed by atoms with van der Waals surface area (Å²) in [5, 5.41) is 3.31. The molecule has 2 fully saturated rings. The third-order valence-corrected chi connectivity index (χ3v) is 7.95. The Hall–Kier alpha value is -1.84. The molecule has 0 saturated carbocycles. The smallest absolute Gasteiger partial charge is 0.243 e. The number of piperidine rings is 1. The zero-order valence-electron chi connectivity index (χ0n) is 18.0. The van der Waals surface area contributed by atoms with Crippen molar-refractivity contribution < 1.29 is 9.59 Å². The van der Waals surface area contributed by atoms with E-state index in [1.807, 2.05) is 6.07 Å². The number of anilines is 1. The molecule has 1 aromatic carbocycles. The van der Waals surface area contributed by atoms with Crippen molar-refractivity contribution >= 4 is 53.5 Å². The van der Waals surface area contributed by atoms with E-state index in [2.05, 4.69) is 43.2 Å². The molecule has 10 heteroatoms. The lowest BCUT2D eigenvalue weighted by molar-refractivity contribution is -0.137. The number of amides is 2. The van der Waals surface area contributed by atoms with Gasteiger partial charge in [0.2, 0.25) is 11.8 Å². The molecule has 2 amide bonds. The van der Waals surface area contributed by atoms with Crippen molar-refractivity contribution in [1.29, 1.82) is 0 Å².